The third-order valence-electron chi connectivity index (χ3n) is 5.31. The fourth-order valence-electron chi connectivity index (χ4n) is 3.79. The van der Waals surface area contributed by atoms with Gasteiger partial charge in [0.25, 0.3) is 5.56 Å². The largest absolute Gasteiger partial charge is 0.497 e. The standard InChI is InChI=1S/C23H21N7O3S/c1-14-11-19(28(2)27-14)24-20(31)13-34-23-26-25-22-29(15-7-6-8-16(12-15)33-3)21(32)17-9-4-5-10-18(17)30(22)23/h4-12H,13H2,1-3H3,(H,24,31). The van der Waals surface area contributed by atoms with E-state index in [4.69, 9.17) is 4.74 Å². The Morgan fingerprint density at radius 3 is 2.71 bits per heavy atom. The molecule has 0 spiro atoms. The average molecular weight is 476 g/mol. The molecule has 0 radical (unpaired) electrons. The van der Waals surface area contributed by atoms with Gasteiger partial charge in [0.15, 0.2) is 5.16 Å². The number of thioether (sulfide) groups is 1. The van der Waals surface area contributed by atoms with E-state index in [1.54, 1.807) is 47.5 Å². The highest BCUT2D eigenvalue weighted by Crippen LogP contribution is 2.24. The highest BCUT2D eigenvalue weighted by molar-refractivity contribution is 7.99. The number of methoxy groups -OCH3 is 1. The van der Waals surface area contributed by atoms with Crippen molar-refractivity contribution in [3.8, 4) is 11.4 Å². The molecular formula is C23H21N7O3S. The molecule has 34 heavy (non-hydrogen) atoms. The minimum atomic E-state index is -0.218. The topological polar surface area (TPSA) is 108 Å². The van der Waals surface area contributed by atoms with Crippen LogP contribution in [-0.2, 0) is 11.8 Å². The van der Waals surface area contributed by atoms with Crippen LogP contribution in [0.1, 0.15) is 5.69 Å². The number of aromatic nitrogens is 6. The van der Waals surface area contributed by atoms with E-state index in [0.717, 1.165) is 5.69 Å². The summed E-state index contributed by atoms with van der Waals surface area (Å²) in [6.07, 6.45) is 0. The maximum absolute atomic E-state index is 13.4. The molecule has 11 heteroatoms. The number of hydrogen-bond donors (Lipinski definition) is 1. The van der Waals surface area contributed by atoms with Crippen molar-refractivity contribution in [3.63, 3.8) is 0 Å². The number of carbonyl (C=O) groups excluding carboxylic acids is 1. The fraction of sp³-hybridized carbons (Fsp3) is 0.174. The molecule has 3 aromatic heterocycles. The summed E-state index contributed by atoms with van der Waals surface area (Å²) in [6, 6.07) is 16.3. The lowest BCUT2D eigenvalue weighted by Crippen LogP contribution is -2.22. The molecule has 0 unspecified atom stereocenters. The van der Waals surface area contributed by atoms with E-state index in [1.165, 1.54) is 16.3 Å². The quantitative estimate of drug-likeness (QED) is 0.376. The molecule has 0 aliphatic carbocycles. The highest BCUT2D eigenvalue weighted by Gasteiger charge is 2.19. The molecule has 1 N–H and O–H groups in total. The minimum Gasteiger partial charge on any atom is -0.497 e. The first-order valence-corrected chi connectivity index (χ1v) is 11.4. The van der Waals surface area contributed by atoms with Crippen molar-refractivity contribution in [2.75, 3.05) is 18.2 Å². The molecule has 0 atom stereocenters. The van der Waals surface area contributed by atoms with Crippen LogP contribution in [0.3, 0.4) is 0 Å². The second-order valence-electron chi connectivity index (χ2n) is 7.61. The number of hydrogen-bond acceptors (Lipinski definition) is 7. The van der Waals surface area contributed by atoms with Gasteiger partial charge in [0, 0.05) is 19.2 Å². The summed E-state index contributed by atoms with van der Waals surface area (Å²) in [4.78, 5) is 26.0. The highest BCUT2D eigenvalue weighted by atomic mass is 32.2. The molecule has 0 saturated heterocycles. The SMILES string of the molecule is COc1cccc(-n2c(=O)c3ccccc3n3c(SCC(=O)Nc4cc(C)nn4C)nnc23)c1. The van der Waals surface area contributed by atoms with Gasteiger partial charge in [0.1, 0.15) is 11.6 Å². The Kier molecular flexibility index (Phi) is 5.54. The van der Waals surface area contributed by atoms with Gasteiger partial charge in [0.05, 0.1) is 35.1 Å². The van der Waals surface area contributed by atoms with Gasteiger partial charge >= 0.3 is 0 Å². The van der Waals surface area contributed by atoms with Crippen molar-refractivity contribution in [1.29, 1.82) is 0 Å². The Balaban J connectivity index is 1.56. The Labute approximate surface area is 198 Å². The van der Waals surface area contributed by atoms with Crippen LogP contribution in [0.15, 0.2) is 64.5 Å². The number of carbonyl (C=O) groups is 1. The lowest BCUT2D eigenvalue weighted by atomic mass is 10.2. The van der Waals surface area contributed by atoms with Crippen molar-refractivity contribution < 1.29 is 9.53 Å². The molecular weight excluding hydrogens is 454 g/mol. The van der Waals surface area contributed by atoms with Crippen molar-refractivity contribution in [2.24, 2.45) is 7.05 Å². The molecule has 0 aliphatic rings. The number of benzene rings is 2. The summed E-state index contributed by atoms with van der Waals surface area (Å²) >= 11 is 1.24. The van der Waals surface area contributed by atoms with E-state index in [-0.39, 0.29) is 17.2 Å². The van der Waals surface area contributed by atoms with Gasteiger partial charge in [-0.3, -0.25) is 18.7 Å². The van der Waals surface area contributed by atoms with Crippen LogP contribution in [-0.4, -0.2) is 47.7 Å². The van der Waals surface area contributed by atoms with Crippen LogP contribution in [0.4, 0.5) is 5.82 Å². The Morgan fingerprint density at radius 2 is 1.94 bits per heavy atom. The zero-order chi connectivity index (χ0) is 23.8. The fourth-order valence-corrected chi connectivity index (χ4v) is 4.53. The van der Waals surface area contributed by atoms with Crippen molar-refractivity contribution in [2.45, 2.75) is 12.1 Å². The lowest BCUT2D eigenvalue weighted by molar-refractivity contribution is -0.113. The molecule has 172 valence electrons. The van der Waals surface area contributed by atoms with Gasteiger partial charge in [-0.05, 0) is 31.2 Å². The Morgan fingerprint density at radius 1 is 1.12 bits per heavy atom. The van der Waals surface area contributed by atoms with E-state index in [2.05, 4.69) is 20.6 Å². The third kappa shape index (κ3) is 3.79. The summed E-state index contributed by atoms with van der Waals surface area (Å²) < 4.78 is 10.2. The third-order valence-corrected chi connectivity index (χ3v) is 6.24. The van der Waals surface area contributed by atoms with Crippen LogP contribution in [0.5, 0.6) is 5.75 Å². The number of aryl methyl sites for hydroxylation is 2. The molecule has 0 bridgehead atoms. The number of rotatable bonds is 6. The maximum atomic E-state index is 13.4. The molecule has 5 aromatic rings. The number of anilines is 1. The van der Waals surface area contributed by atoms with Gasteiger partial charge in [-0.25, -0.2) is 4.57 Å². The molecule has 2 aromatic carbocycles. The summed E-state index contributed by atoms with van der Waals surface area (Å²) in [5, 5.41) is 16.7. The predicted octanol–water partition coefficient (Wildman–Crippen LogP) is 2.81. The van der Waals surface area contributed by atoms with Crippen molar-refractivity contribution in [3.05, 3.63) is 70.6 Å². The average Bonchev–Trinajstić information content (AvgIpc) is 3.40. The van der Waals surface area contributed by atoms with Gasteiger partial charge in [-0.15, -0.1) is 10.2 Å². The summed E-state index contributed by atoms with van der Waals surface area (Å²) in [6.45, 7) is 1.86. The molecule has 1 amide bonds. The van der Waals surface area contributed by atoms with Crippen LogP contribution in [0.2, 0.25) is 0 Å². The summed E-state index contributed by atoms with van der Waals surface area (Å²) in [7, 11) is 3.34. The van der Waals surface area contributed by atoms with Gasteiger partial charge < -0.3 is 10.1 Å². The minimum absolute atomic E-state index is 0.109. The van der Waals surface area contributed by atoms with E-state index in [9.17, 15) is 9.59 Å². The van der Waals surface area contributed by atoms with E-state index in [0.29, 0.717) is 39.1 Å². The molecule has 0 fully saturated rings. The van der Waals surface area contributed by atoms with E-state index < -0.39 is 0 Å². The second kappa shape index (κ2) is 8.67. The van der Waals surface area contributed by atoms with Crippen LogP contribution in [0.25, 0.3) is 22.4 Å². The predicted molar refractivity (Wildman–Crippen MR) is 130 cm³/mol. The smallest absolute Gasteiger partial charge is 0.267 e. The van der Waals surface area contributed by atoms with Crippen molar-refractivity contribution in [1.82, 2.24) is 28.9 Å². The van der Waals surface area contributed by atoms with Crippen LogP contribution in [0, 0.1) is 6.92 Å². The first-order chi connectivity index (χ1) is 16.5. The summed E-state index contributed by atoms with van der Waals surface area (Å²) in [5.74, 6) is 1.49. The molecule has 3 heterocycles. The second-order valence-corrected chi connectivity index (χ2v) is 8.55. The number of amides is 1. The Hall–Kier alpha value is -4.12. The maximum Gasteiger partial charge on any atom is 0.267 e. The first kappa shape index (κ1) is 21.7. The number of nitrogens with one attached hydrogen (secondary N) is 1. The van der Waals surface area contributed by atoms with E-state index >= 15 is 0 Å². The van der Waals surface area contributed by atoms with Gasteiger partial charge in [-0.1, -0.05) is 30.0 Å². The monoisotopic (exact) mass is 475 g/mol. The van der Waals surface area contributed by atoms with E-state index in [1.807, 2.05) is 37.3 Å². The zero-order valence-corrected chi connectivity index (χ0v) is 19.5. The molecule has 0 aliphatic heterocycles. The van der Waals surface area contributed by atoms with Gasteiger partial charge in [0.2, 0.25) is 11.7 Å². The number of para-hydroxylation sites is 1. The van der Waals surface area contributed by atoms with Crippen LogP contribution < -0.4 is 15.6 Å². The normalized spacial score (nSPS) is 11.3. The number of ether oxygens (including phenoxy) is 1. The van der Waals surface area contributed by atoms with Gasteiger partial charge in [-0.2, -0.15) is 5.10 Å². The number of fused-ring (bicyclic) bond motifs is 3. The molecule has 5 rings (SSSR count). The molecule has 0 saturated carbocycles. The zero-order valence-electron chi connectivity index (χ0n) is 18.7. The number of nitrogens with zero attached hydrogens (tertiary/aromatic N) is 6. The van der Waals surface area contributed by atoms with Crippen LogP contribution >= 0.6 is 11.8 Å². The summed E-state index contributed by atoms with van der Waals surface area (Å²) in [5.41, 5.74) is 1.87. The molecule has 10 nitrogen and oxygen atoms in total. The first-order valence-electron chi connectivity index (χ1n) is 10.4. The Bertz CT molecular complexity index is 1600. The lowest BCUT2D eigenvalue weighted by Gasteiger charge is -2.12. The van der Waals surface area contributed by atoms with Crippen molar-refractivity contribution >= 4 is 40.2 Å².